The Bertz CT molecular complexity index is 1740. The van der Waals surface area contributed by atoms with Gasteiger partial charge in [0.2, 0.25) is 0 Å². The van der Waals surface area contributed by atoms with Crippen LogP contribution in [0.3, 0.4) is 0 Å². The van der Waals surface area contributed by atoms with E-state index < -0.39 is 5.82 Å². The van der Waals surface area contributed by atoms with E-state index >= 15 is 4.39 Å². The van der Waals surface area contributed by atoms with Gasteiger partial charge in [-0.05, 0) is 54.4 Å². The zero-order valence-corrected chi connectivity index (χ0v) is 21.6. The van der Waals surface area contributed by atoms with Gasteiger partial charge in [-0.15, -0.1) is 0 Å². The second-order valence-electron chi connectivity index (χ2n) is 9.71. The van der Waals surface area contributed by atoms with Crippen LogP contribution in [0.25, 0.3) is 38.8 Å². The standard InChI is InChI=1S/C28H26ClFN6O2/c1-16-15-35(6-5-31-16)26-11-18(10-24-22(26)14-32-33-24)21-13-19(30)12-20(27(21)37)17-3-4-25(23(29)9-17)36-8-7-34(2)28(36)38/h3-4,7-14,16,31,37H,5-6,15H2,1-2H3,(H,32,33)/t16-/m1/s1. The molecular weight excluding hydrogens is 507 g/mol. The minimum atomic E-state index is -0.491. The number of H-pyrrole nitrogens is 1. The highest BCUT2D eigenvalue weighted by Crippen LogP contribution is 2.42. The van der Waals surface area contributed by atoms with Crippen LogP contribution in [-0.2, 0) is 7.05 Å². The number of anilines is 1. The number of aromatic nitrogens is 4. The van der Waals surface area contributed by atoms with Gasteiger partial charge in [0.15, 0.2) is 0 Å². The highest BCUT2D eigenvalue weighted by molar-refractivity contribution is 6.32. The average molecular weight is 533 g/mol. The predicted molar refractivity (Wildman–Crippen MR) is 148 cm³/mol. The lowest BCUT2D eigenvalue weighted by Gasteiger charge is -2.34. The van der Waals surface area contributed by atoms with Gasteiger partial charge >= 0.3 is 5.69 Å². The molecule has 3 N–H and O–H groups in total. The number of nitrogens with one attached hydrogen (secondary N) is 2. The van der Waals surface area contributed by atoms with Crippen molar-refractivity contribution in [2.45, 2.75) is 13.0 Å². The van der Waals surface area contributed by atoms with Crippen LogP contribution in [0, 0.1) is 5.82 Å². The van der Waals surface area contributed by atoms with Gasteiger partial charge in [-0.3, -0.25) is 9.67 Å². The third kappa shape index (κ3) is 4.13. The highest BCUT2D eigenvalue weighted by atomic mass is 35.5. The average Bonchev–Trinajstić information content (AvgIpc) is 3.51. The molecule has 0 radical (unpaired) electrons. The van der Waals surface area contributed by atoms with E-state index in [0.717, 1.165) is 36.2 Å². The first kappa shape index (κ1) is 24.3. The fraction of sp³-hybridized carbons (Fsp3) is 0.214. The van der Waals surface area contributed by atoms with E-state index in [2.05, 4.69) is 27.3 Å². The maximum Gasteiger partial charge on any atom is 0.332 e. The lowest BCUT2D eigenvalue weighted by molar-refractivity contribution is 0.477. The lowest BCUT2D eigenvalue weighted by atomic mass is 9.95. The Morgan fingerprint density at radius 3 is 2.58 bits per heavy atom. The molecule has 0 saturated carbocycles. The Hall–Kier alpha value is -4.08. The predicted octanol–water partition coefficient (Wildman–Crippen LogP) is 4.68. The van der Waals surface area contributed by atoms with E-state index in [-0.39, 0.29) is 11.4 Å². The van der Waals surface area contributed by atoms with Crippen LogP contribution in [0.4, 0.5) is 10.1 Å². The van der Waals surface area contributed by atoms with Crippen LogP contribution < -0.4 is 15.9 Å². The fourth-order valence-electron chi connectivity index (χ4n) is 5.16. The molecule has 1 aliphatic heterocycles. The van der Waals surface area contributed by atoms with Crippen LogP contribution in [0.2, 0.25) is 5.02 Å². The second-order valence-corrected chi connectivity index (χ2v) is 10.1. The first-order chi connectivity index (χ1) is 18.3. The molecule has 0 aliphatic carbocycles. The summed E-state index contributed by atoms with van der Waals surface area (Å²) in [7, 11) is 1.65. The summed E-state index contributed by atoms with van der Waals surface area (Å²) in [5.74, 6) is -0.556. The quantitative estimate of drug-likeness (QED) is 0.312. The molecule has 3 aromatic carbocycles. The molecule has 0 unspecified atom stereocenters. The van der Waals surface area contributed by atoms with E-state index in [0.29, 0.717) is 39.0 Å². The van der Waals surface area contributed by atoms with Crippen molar-refractivity contribution in [3.8, 4) is 33.7 Å². The van der Waals surface area contributed by atoms with Gasteiger partial charge in [0.25, 0.3) is 0 Å². The summed E-state index contributed by atoms with van der Waals surface area (Å²) in [6.07, 6.45) is 5.06. The van der Waals surface area contributed by atoms with Gasteiger partial charge < -0.3 is 19.9 Å². The molecule has 1 saturated heterocycles. The molecule has 38 heavy (non-hydrogen) atoms. The van der Waals surface area contributed by atoms with Crippen LogP contribution in [0.5, 0.6) is 5.75 Å². The number of hydrogen-bond donors (Lipinski definition) is 3. The van der Waals surface area contributed by atoms with Gasteiger partial charge in [-0.25, -0.2) is 9.18 Å². The number of benzene rings is 3. The van der Waals surface area contributed by atoms with Crippen molar-refractivity contribution in [2.24, 2.45) is 7.05 Å². The number of halogens is 2. The second kappa shape index (κ2) is 9.34. The molecule has 6 rings (SSSR count). The summed E-state index contributed by atoms with van der Waals surface area (Å²) >= 11 is 6.55. The van der Waals surface area contributed by atoms with E-state index in [4.69, 9.17) is 11.6 Å². The molecule has 0 bridgehead atoms. The maximum atomic E-state index is 15.0. The monoisotopic (exact) mass is 532 g/mol. The highest BCUT2D eigenvalue weighted by Gasteiger charge is 2.22. The van der Waals surface area contributed by atoms with Crippen LogP contribution in [0.15, 0.2) is 65.8 Å². The summed E-state index contributed by atoms with van der Waals surface area (Å²) in [6, 6.07) is 11.8. The molecule has 1 atom stereocenters. The van der Waals surface area contributed by atoms with Crippen molar-refractivity contribution in [1.29, 1.82) is 0 Å². The van der Waals surface area contributed by atoms with E-state index in [1.807, 2.05) is 12.1 Å². The van der Waals surface area contributed by atoms with Crippen LogP contribution >= 0.6 is 11.6 Å². The lowest BCUT2D eigenvalue weighted by Crippen LogP contribution is -2.49. The molecule has 8 nitrogen and oxygen atoms in total. The minimum Gasteiger partial charge on any atom is -0.507 e. The van der Waals surface area contributed by atoms with Crippen LogP contribution in [0.1, 0.15) is 6.92 Å². The Morgan fingerprint density at radius 2 is 1.87 bits per heavy atom. The molecule has 2 aromatic heterocycles. The topological polar surface area (TPSA) is 91.1 Å². The number of aromatic hydroxyl groups is 1. The zero-order valence-electron chi connectivity index (χ0n) is 20.9. The molecule has 0 spiro atoms. The van der Waals surface area contributed by atoms with E-state index in [9.17, 15) is 9.90 Å². The number of aromatic amines is 1. The zero-order chi connectivity index (χ0) is 26.6. The van der Waals surface area contributed by atoms with Gasteiger partial charge in [-0.2, -0.15) is 5.10 Å². The Morgan fingerprint density at radius 1 is 1.08 bits per heavy atom. The van der Waals surface area contributed by atoms with Crippen molar-refractivity contribution in [1.82, 2.24) is 24.6 Å². The molecule has 5 aromatic rings. The SMILES string of the molecule is C[C@@H]1CN(c2cc(-c3cc(F)cc(-c4ccc(-n5ccn(C)c5=O)c(Cl)c4)c3O)cc3[nH]ncc23)CCN1. The number of phenolic OH excluding ortho intramolecular Hbond substituents is 1. The summed E-state index contributed by atoms with van der Waals surface area (Å²) in [5, 5.41) is 23.4. The molecular formula is C28H26ClFN6O2. The van der Waals surface area contributed by atoms with Crippen molar-refractivity contribution >= 4 is 28.2 Å². The first-order valence-electron chi connectivity index (χ1n) is 12.3. The largest absolute Gasteiger partial charge is 0.507 e. The number of rotatable bonds is 4. The number of nitrogens with zero attached hydrogens (tertiary/aromatic N) is 4. The summed E-state index contributed by atoms with van der Waals surface area (Å²) in [6.45, 7) is 4.63. The molecule has 10 heteroatoms. The number of piperazine rings is 1. The maximum absolute atomic E-state index is 15.0. The normalized spacial score (nSPS) is 15.9. The van der Waals surface area contributed by atoms with E-state index in [1.165, 1.54) is 21.3 Å². The molecule has 1 fully saturated rings. The fourth-order valence-corrected chi connectivity index (χ4v) is 5.43. The van der Waals surface area contributed by atoms with Gasteiger partial charge in [-0.1, -0.05) is 17.7 Å². The summed E-state index contributed by atoms with van der Waals surface area (Å²) in [4.78, 5) is 14.7. The number of fused-ring (bicyclic) bond motifs is 1. The van der Waals surface area contributed by atoms with Crippen LogP contribution in [-0.4, -0.2) is 50.1 Å². The van der Waals surface area contributed by atoms with Gasteiger partial charge in [0.1, 0.15) is 11.6 Å². The van der Waals surface area contributed by atoms with E-state index in [1.54, 1.807) is 43.8 Å². The number of aryl methyl sites for hydroxylation is 1. The minimum absolute atomic E-state index is 0.0643. The van der Waals surface area contributed by atoms with Crippen molar-refractivity contribution in [3.05, 3.63) is 82.4 Å². The Labute approximate surface area is 222 Å². The van der Waals surface area contributed by atoms with Crippen molar-refractivity contribution in [3.63, 3.8) is 0 Å². The molecule has 194 valence electrons. The smallest absolute Gasteiger partial charge is 0.332 e. The number of hydrogen-bond acceptors (Lipinski definition) is 5. The third-order valence-electron chi connectivity index (χ3n) is 7.10. The Kier molecular flexibility index (Phi) is 5.97. The molecule has 1 aliphatic rings. The summed E-state index contributed by atoms with van der Waals surface area (Å²) in [5.41, 5.74) is 3.90. The first-order valence-corrected chi connectivity index (χ1v) is 12.7. The van der Waals surface area contributed by atoms with Gasteiger partial charge in [0.05, 0.1) is 22.4 Å². The Balaban J connectivity index is 1.46. The van der Waals surface area contributed by atoms with Crippen molar-refractivity contribution in [2.75, 3.05) is 24.5 Å². The molecule has 0 amide bonds. The number of phenols is 1. The summed E-state index contributed by atoms with van der Waals surface area (Å²) < 4.78 is 17.9. The number of imidazole rings is 1. The van der Waals surface area contributed by atoms with Gasteiger partial charge in [0, 0.05) is 67.3 Å². The molecule has 3 heterocycles. The van der Waals surface area contributed by atoms with Crippen molar-refractivity contribution < 1.29 is 9.50 Å². The third-order valence-corrected chi connectivity index (χ3v) is 7.40.